The molecule has 0 bridgehead atoms. The molecule has 1 aromatic heterocycles. The topological polar surface area (TPSA) is 54.0 Å². The molecule has 0 spiro atoms. The standard InChI is InChI=1S/C18H24N4O/c1-23-16-6-2-4-13(10-16)11-22-9-3-5-15(12-22)18-19-17(20-21-18)14-7-8-14/h2,4,6,10,14-15H,3,5,7-9,11-12H2,1H3,(H,19,20,21)/t15-/m0/s1. The summed E-state index contributed by atoms with van der Waals surface area (Å²) in [6, 6.07) is 8.36. The van der Waals surface area contributed by atoms with E-state index in [4.69, 9.17) is 9.72 Å². The average Bonchev–Trinajstić information content (AvgIpc) is 3.32. The van der Waals surface area contributed by atoms with Crippen molar-refractivity contribution in [1.82, 2.24) is 20.1 Å². The monoisotopic (exact) mass is 312 g/mol. The summed E-state index contributed by atoms with van der Waals surface area (Å²) in [5.41, 5.74) is 1.30. The van der Waals surface area contributed by atoms with Gasteiger partial charge in [-0.25, -0.2) is 4.98 Å². The van der Waals surface area contributed by atoms with Crippen LogP contribution >= 0.6 is 0 Å². The molecule has 2 heterocycles. The molecule has 1 atom stereocenters. The van der Waals surface area contributed by atoms with Gasteiger partial charge in [0.1, 0.15) is 11.6 Å². The third-order valence-corrected chi connectivity index (χ3v) is 4.90. The zero-order chi connectivity index (χ0) is 15.6. The van der Waals surface area contributed by atoms with Crippen molar-refractivity contribution in [3.63, 3.8) is 0 Å². The maximum atomic E-state index is 5.32. The van der Waals surface area contributed by atoms with Crippen molar-refractivity contribution in [2.45, 2.75) is 44.1 Å². The fraction of sp³-hybridized carbons (Fsp3) is 0.556. The number of hydrogen-bond donors (Lipinski definition) is 1. The summed E-state index contributed by atoms with van der Waals surface area (Å²) in [5.74, 6) is 4.15. The molecule has 122 valence electrons. The van der Waals surface area contributed by atoms with E-state index in [1.807, 2.05) is 6.07 Å². The number of rotatable bonds is 5. The second-order valence-corrected chi connectivity index (χ2v) is 6.78. The summed E-state index contributed by atoms with van der Waals surface area (Å²) >= 11 is 0. The van der Waals surface area contributed by atoms with Crippen molar-refractivity contribution in [3.8, 4) is 5.75 Å². The molecule has 1 aliphatic heterocycles. The summed E-state index contributed by atoms with van der Waals surface area (Å²) in [5, 5.41) is 7.64. The zero-order valence-corrected chi connectivity index (χ0v) is 13.7. The van der Waals surface area contributed by atoms with Gasteiger partial charge in [0.25, 0.3) is 0 Å². The Balaban J connectivity index is 1.41. The summed E-state index contributed by atoms with van der Waals surface area (Å²) in [4.78, 5) is 7.26. The minimum Gasteiger partial charge on any atom is -0.497 e. The van der Waals surface area contributed by atoms with E-state index in [2.05, 4.69) is 33.3 Å². The molecule has 2 aromatic rings. The highest BCUT2D eigenvalue weighted by Crippen LogP contribution is 2.38. The molecular weight excluding hydrogens is 288 g/mol. The predicted molar refractivity (Wildman–Crippen MR) is 88.6 cm³/mol. The molecule has 5 heteroatoms. The van der Waals surface area contributed by atoms with Crippen LogP contribution in [0.4, 0.5) is 0 Å². The Bertz CT molecular complexity index is 665. The number of benzene rings is 1. The molecule has 0 amide bonds. The van der Waals surface area contributed by atoms with Gasteiger partial charge in [-0.1, -0.05) is 12.1 Å². The average molecular weight is 312 g/mol. The highest BCUT2D eigenvalue weighted by Gasteiger charge is 2.30. The van der Waals surface area contributed by atoms with Crippen molar-refractivity contribution in [2.24, 2.45) is 0 Å². The fourth-order valence-electron chi connectivity index (χ4n) is 3.45. The zero-order valence-electron chi connectivity index (χ0n) is 13.7. The minimum atomic E-state index is 0.457. The van der Waals surface area contributed by atoms with Gasteiger partial charge in [0, 0.05) is 24.9 Å². The van der Waals surface area contributed by atoms with E-state index in [0.29, 0.717) is 11.8 Å². The molecule has 2 fully saturated rings. The van der Waals surface area contributed by atoms with Crippen LogP contribution in [-0.4, -0.2) is 40.3 Å². The summed E-state index contributed by atoms with van der Waals surface area (Å²) < 4.78 is 5.32. The first-order valence-electron chi connectivity index (χ1n) is 8.59. The first-order chi connectivity index (χ1) is 11.3. The first-order valence-corrected chi connectivity index (χ1v) is 8.59. The third-order valence-electron chi connectivity index (χ3n) is 4.90. The Labute approximate surface area is 137 Å². The van der Waals surface area contributed by atoms with Gasteiger partial charge >= 0.3 is 0 Å². The summed E-state index contributed by atoms with van der Waals surface area (Å²) in [6.45, 7) is 3.15. The summed E-state index contributed by atoms with van der Waals surface area (Å²) in [7, 11) is 1.72. The second-order valence-electron chi connectivity index (χ2n) is 6.78. The van der Waals surface area contributed by atoms with E-state index in [0.717, 1.165) is 37.0 Å². The van der Waals surface area contributed by atoms with Crippen LogP contribution in [0.15, 0.2) is 24.3 Å². The van der Waals surface area contributed by atoms with E-state index < -0.39 is 0 Å². The molecule has 1 N–H and O–H groups in total. The number of aromatic nitrogens is 3. The van der Waals surface area contributed by atoms with Gasteiger partial charge in [-0.3, -0.25) is 10.00 Å². The Morgan fingerprint density at radius 3 is 3.00 bits per heavy atom. The number of piperidine rings is 1. The maximum absolute atomic E-state index is 5.32. The molecule has 0 radical (unpaired) electrons. The van der Waals surface area contributed by atoms with Crippen LogP contribution in [-0.2, 0) is 6.54 Å². The van der Waals surface area contributed by atoms with Crippen molar-refractivity contribution in [2.75, 3.05) is 20.2 Å². The Morgan fingerprint density at radius 2 is 2.17 bits per heavy atom. The van der Waals surface area contributed by atoms with Crippen molar-refractivity contribution >= 4 is 0 Å². The lowest BCUT2D eigenvalue weighted by Gasteiger charge is -2.31. The highest BCUT2D eigenvalue weighted by molar-refractivity contribution is 5.28. The molecule has 1 saturated heterocycles. The van der Waals surface area contributed by atoms with Gasteiger partial charge in [0.05, 0.1) is 7.11 Å². The molecule has 1 aliphatic carbocycles. The number of nitrogens with one attached hydrogen (secondary N) is 1. The second kappa shape index (κ2) is 6.32. The quantitative estimate of drug-likeness (QED) is 0.922. The minimum absolute atomic E-state index is 0.457. The fourth-order valence-corrected chi connectivity index (χ4v) is 3.45. The number of nitrogens with zero attached hydrogens (tertiary/aromatic N) is 3. The van der Waals surface area contributed by atoms with E-state index in [1.54, 1.807) is 7.11 Å². The number of H-pyrrole nitrogens is 1. The van der Waals surface area contributed by atoms with Crippen LogP contribution in [0.2, 0.25) is 0 Å². The van der Waals surface area contributed by atoms with Gasteiger partial charge in [-0.15, -0.1) is 0 Å². The molecule has 23 heavy (non-hydrogen) atoms. The highest BCUT2D eigenvalue weighted by atomic mass is 16.5. The Hall–Kier alpha value is -1.88. The van der Waals surface area contributed by atoms with Crippen LogP contribution < -0.4 is 4.74 Å². The number of hydrogen-bond acceptors (Lipinski definition) is 4. The largest absolute Gasteiger partial charge is 0.497 e. The van der Waals surface area contributed by atoms with Crippen LogP contribution in [0.5, 0.6) is 5.75 Å². The van der Waals surface area contributed by atoms with Crippen LogP contribution in [0, 0.1) is 0 Å². The van der Waals surface area contributed by atoms with Gasteiger partial charge in [-0.05, 0) is 49.9 Å². The maximum Gasteiger partial charge on any atom is 0.155 e. The van der Waals surface area contributed by atoms with Gasteiger partial charge in [0.15, 0.2) is 5.82 Å². The number of methoxy groups -OCH3 is 1. The lowest BCUT2D eigenvalue weighted by Crippen LogP contribution is -2.34. The van der Waals surface area contributed by atoms with Gasteiger partial charge in [-0.2, -0.15) is 5.10 Å². The molecule has 1 saturated carbocycles. The summed E-state index contributed by atoms with van der Waals surface area (Å²) in [6.07, 6.45) is 4.93. The first kappa shape index (κ1) is 14.7. The number of likely N-dealkylation sites (tertiary alicyclic amines) is 1. The van der Waals surface area contributed by atoms with E-state index in [1.165, 1.54) is 31.2 Å². The van der Waals surface area contributed by atoms with E-state index in [-0.39, 0.29) is 0 Å². The SMILES string of the molecule is COc1cccc(CN2CCC[C@H](c3n[nH]c(C4CC4)n3)C2)c1. The van der Waals surface area contributed by atoms with E-state index >= 15 is 0 Å². The lowest BCUT2D eigenvalue weighted by atomic mass is 9.97. The normalized spacial score (nSPS) is 22.2. The molecule has 5 nitrogen and oxygen atoms in total. The van der Waals surface area contributed by atoms with Crippen molar-refractivity contribution in [3.05, 3.63) is 41.5 Å². The van der Waals surface area contributed by atoms with E-state index in [9.17, 15) is 0 Å². The van der Waals surface area contributed by atoms with Gasteiger partial charge in [0.2, 0.25) is 0 Å². The van der Waals surface area contributed by atoms with Crippen molar-refractivity contribution < 1.29 is 4.74 Å². The number of ether oxygens (including phenoxy) is 1. The predicted octanol–water partition coefficient (Wildman–Crippen LogP) is 3.07. The Kier molecular flexibility index (Phi) is 4.04. The van der Waals surface area contributed by atoms with Gasteiger partial charge < -0.3 is 4.74 Å². The lowest BCUT2D eigenvalue weighted by molar-refractivity contribution is 0.196. The van der Waals surface area contributed by atoms with Crippen LogP contribution in [0.1, 0.15) is 54.7 Å². The molecule has 0 unspecified atom stereocenters. The molecule has 2 aliphatic rings. The van der Waals surface area contributed by atoms with Crippen LogP contribution in [0.3, 0.4) is 0 Å². The smallest absolute Gasteiger partial charge is 0.155 e. The van der Waals surface area contributed by atoms with Crippen LogP contribution in [0.25, 0.3) is 0 Å². The molecule has 1 aromatic carbocycles. The Morgan fingerprint density at radius 1 is 1.26 bits per heavy atom. The molecule has 4 rings (SSSR count). The van der Waals surface area contributed by atoms with Crippen molar-refractivity contribution in [1.29, 1.82) is 0 Å². The number of aromatic amines is 1. The third kappa shape index (κ3) is 3.39. The molecular formula is C18H24N4O.